The number of fused-ring (bicyclic) bond motifs is 2. The van der Waals surface area contributed by atoms with Crippen LogP contribution in [0.4, 0.5) is 5.69 Å². The molecule has 26 heavy (non-hydrogen) atoms. The van der Waals surface area contributed by atoms with Crippen LogP contribution in [0.1, 0.15) is 11.1 Å². The van der Waals surface area contributed by atoms with E-state index < -0.39 is 0 Å². The van der Waals surface area contributed by atoms with E-state index in [1.807, 2.05) is 30.5 Å². The molecule has 3 aromatic rings. The number of carbonyl (C=O) groups excluding carboxylic acids is 1. The number of hydrogen-bond donors (Lipinski definition) is 1. The maximum Gasteiger partial charge on any atom is 0.262 e. The molecule has 0 fully saturated rings. The highest BCUT2D eigenvalue weighted by Crippen LogP contribution is 2.38. The van der Waals surface area contributed by atoms with E-state index in [2.05, 4.69) is 17.4 Å². The van der Waals surface area contributed by atoms with Crippen LogP contribution in [0.5, 0.6) is 11.5 Å². The zero-order valence-electron chi connectivity index (χ0n) is 14.2. The van der Waals surface area contributed by atoms with Crippen LogP contribution in [0, 0.1) is 6.92 Å². The lowest BCUT2D eigenvalue weighted by Gasteiger charge is -2.20. The monoisotopic (exact) mass is 364 g/mol. The van der Waals surface area contributed by atoms with Crippen LogP contribution in [-0.2, 0) is 11.2 Å². The fourth-order valence-corrected chi connectivity index (χ4v) is 4.21. The van der Waals surface area contributed by atoms with Crippen molar-refractivity contribution in [3.8, 4) is 33.3 Å². The molecule has 1 amide bonds. The second-order valence-corrected chi connectivity index (χ2v) is 7.32. The summed E-state index contributed by atoms with van der Waals surface area (Å²) in [5.41, 5.74) is 5.91. The first-order valence-electron chi connectivity index (χ1n) is 8.47. The number of benzene rings is 2. The van der Waals surface area contributed by atoms with Crippen LogP contribution < -0.4 is 14.8 Å². The second-order valence-electron chi connectivity index (χ2n) is 6.47. The van der Waals surface area contributed by atoms with Crippen molar-refractivity contribution in [1.29, 1.82) is 0 Å². The lowest BCUT2D eigenvalue weighted by molar-refractivity contribution is -0.118. The lowest BCUT2D eigenvalue weighted by atomic mass is 10.1. The highest BCUT2D eigenvalue weighted by atomic mass is 32.1. The topological polar surface area (TPSA) is 60.5 Å². The van der Waals surface area contributed by atoms with E-state index in [4.69, 9.17) is 14.5 Å². The quantitative estimate of drug-likeness (QED) is 0.745. The largest absolute Gasteiger partial charge is 0.493 e. The van der Waals surface area contributed by atoms with Gasteiger partial charge in [0.15, 0.2) is 6.61 Å². The Balaban J connectivity index is 1.52. The summed E-state index contributed by atoms with van der Waals surface area (Å²) >= 11 is 1.62. The summed E-state index contributed by atoms with van der Waals surface area (Å²) in [6, 6.07) is 10.2. The number of aryl methyl sites for hydroxylation is 1. The first kappa shape index (κ1) is 15.4. The molecule has 0 aliphatic carbocycles. The Bertz CT molecular complexity index is 1040. The average molecular weight is 364 g/mol. The molecule has 130 valence electrons. The van der Waals surface area contributed by atoms with Crippen LogP contribution in [0.15, 0.2) is 35.7 Å². The molecule has 1 N–H and O–H groups in total. The van der Waals surface area contributed by atoms with Crippen molar-refractivity contribution in [1.82, 2.24) is 4.98 Å². The molecule has 0 atom stereocenters. The molecule has 0 saturated heterocycles. The van der Waals surface area contributed by atoms with Gasteiger partial charge < -0.3 is 14.8 Å². The lowest BCUT2D eigenvalue weighted by Crippen LogP contribution is -2.25. The molecule has 0 bridgehead atoms. The molecule has 3 heterocycles. The number of carbonyl (C=O) groups is 1. The molecular weight excluding hydrogens is 348 g/mol. The maximum atomic E-state index is 11.6. The molecule has 0 unspecified atom stereocenters. The van der Waals surface area contributed by atoms with Gasteiger partial charge in [-0.25, -0.2) is 4.98 Å². The molecule has 1 aromatic heterocycles. The highest BCUT2D eigenvalue weighted by Gasteiger charge is 2.20. The Morgan fingerprint density at radius 3 is 3.00 bits per heavy atom. The van der Waals surface area contributed by atoms with Crippen LogP contribution in [-0.4, -0.2) is 24.1 Å². The van der Waals surface area contributed by atoms with Crippen LogP contribution >= 0.6 is 11.3 Å². The SMILES string of the molecule is Cc1cc(-c2csc(-c3ccc4c(c3)CCO4)n2)cc2c1OCC(=O)N2. The summed E-state index contributed by atoms with van der Waals surface area (Å²) in [5.74, 6) is 1.59. The Kier molecular flexibility index (Phi) is 3.46. The molecular formula is C20H16N2O3S. The van der Waals surface area contributed by atoms with Gasteiger partial charge in [-0.15, -0.1) is 11.3 Å². The normalized spacial score (nSPS) is 14.9. The third-order valence-electron chi connectivity index (χ3n) is 4.63. The fraction of sp³-hybridized carbons (Fsp3) is 0.200. The van der Waals surface area contributed by atoms with Gasteiger partial charge in [-0.05, 0) is 48.4 Å². The van der Waals surface area contributed by atoms with Gasteiger partial charge in [-0.1, -0.05) is 0 Å². The number of thiazole rings is 1. The first-order valence-corrected chi connectivity index (χ1v) is 9.34. The van der Waals surface area contributed by atoms with E-state index in [1.54, 1.807) is 11.3 Å². The molecule has 0 radical (unpaired) electrons. The molecule has 0 saturated carbocycles. The first-order chi connectivity index (χ1) is 12.7. The number of hydrogen-bond acceptors (Lipinski definition) is 5. The van der Waals surface area contributed by atoms with Gasteiger partial charge in [-0.3, -0.25) is 4.79 Å². The van der Waals surface area contributed by atoms with Gasteiger partial charge in [0.25, 0.3) is 5.91 Å². The number of nitrogens with one attached hydrogen (secondary N) is 1. The van der Waals surface area contributed by atoms with Gasteiger partial charge in [0, 0.05) is 22.9 Å². The Labute approximate surface area is 154 Å². The summed E-state index contributed by atoms with van der Waals surface area (Å²) in [6.07, 6.45) is 0.950. The van der Waals surface area contributed by atoms with Gasteiger partial charge in [-0.2, -0.15) is 0 Å². The molecule has 2 aromatic carbocycles. The molecule has 0 spiro atoms. The van der Waals surface area contributed by atoms with Gasteiger partial charge >= 0.3 is 0 Å². The third kappa shape index (κ3) is 2.54. The molecule has 6 heteroatoms. The Morgan fingerprint density at radius 1 is 1.15 bits per heavy atom. The third-order valence-corrected chi connectivity index (χ3v) is 5.52. The number of rotatable bonds is 2. The van der Waals surface area contributed by atoms with Crippen molar-refractivity contribution >= 4 is 22.9 Å². The highest BCUT2D eigenvalue weighted by molar-refractivity contribution is 7.13. The summed E-state index contributed by atoms with van der Waals surface area (Å²) in [5, 5.41) is 5.90. The van der Waals surface area contributed by atoms with Crippen molar-refractivity contribution in [2.75, 3.05) is 18.5 Å². The van der Waals surface area contributed by atoms with E-state index in [9.17, 15) is 4.79 Å². The minimum absolute atomic E-state index is 0.0656. The summed E-state index contributed by atoms with van der Waals surface area (Å²) in [7, 11) is 0. The van der Waals surface area contributed by atoms with Gasteiger partial charge in [0.1, 0.15) is 16.5 Å². The van der Waals surface area contributed by atoms with Crippen molar-refractivity contribution in [2.24, 2.45) is 0 Å². The van der Waals surface area contributed by atoms with Crippen molar-refractivity contribution in [3.05, 3.63) is 46.8 Å². The minimum atomic E-state index is -0.131. The summed E-state index contributed by atoms with van der Waals surface area (Å²) in [6.45, 7) is 2.80. The van der Waals surface area contributed by atoms with E-state index in [0.717, 1.165) is 51.9 Å². The number of ether oxygens (including phenoxy) is 2. The molecule has 5 nitrogen and oxygen atoms in total. The summed E-state index contributed by atoms with van der Waals surface area (Å²) < 4.78 is 11.1. The van der Waals surface area contributed by atoms with Crippen molar-refractivity contribution < 1.29 is 14.3 Å². The average Bonchev–Trinajstić information content (AvgIpc) is 3.30. The molecule has 5 rings (SSSR count). The number of aromatic nitrogens is 1. The number of nitrogens with zero attached hydrogens (tertiary/aromatic N) is 1. The summed E-state index contributed by atoms with van der Waals surface area (Å²) in [4.78, 5) is 16.4. The Morgan fingerprint density at radius 2 is 2.08 bits per heavy atom. The van der Waals surface area contributed by atoms with Crippen molar-refractivity contribution in [2.45, 2.75) is 13.3 Å². The standard InChI is InChI=1S/C20H16N2O3S/c1-11-6-14(8-15-19(11)25-9-18(23)21-15)16-10-26-20(22-16)13-2-3-17-12(7-13)4-5-24-17/h2-3,6-8,10H,4-5,9H2,1H3,(H,21,23). The number of amides is 1. The Hall–Kier alpha value is -2.86. The molecule has 2 aliphatic heterocycles. The number of anilines is 1. The fourth-order valence-electron chi connectivity index (χ4n) is 3.39. The van der Waals surface area contributed by atoms with Crippen LogP contribution in [0.25, 0.3) is 21.8 Å². The van der Waals surface area contributed by atoms with E-state index in [0.29, 0.717) is 5.69 Å². The maximum absolute atomic E-state index is 11.6. The predicted octanol–water partition coefficient (Wildman–Crippen LogP) is 4.05. The van der Waals surface area contributed by atoms with E-state index in [-0.39, 0.29) is 12.5 Å². The zero-order chi connectivity index (χ0) is 17.7. The smallest absolute Gasteiger partial charge is 0.262 e. The van der Waals surface area contributed by atoms with Crippen LogP contribution in [0.2, 0.25) is 0 Å². The predicted molar refractivity (Wildman–Crippen MR) is 101 cm³/mol. The van der Waals surface area contributed by atoms with Gasteiger partial charge in [0.2, 0.25) is 0 Å². The van der Waals surface area contributed by atoms with Crippen LogP contribution in [0.3, 0.4) is 0 Å². The zero-order valence-corrected chi connectivity index (χ0v) is 15.0. The van der Waals surface area contributed by atoms with E-state index >= 15 is 0 Å². The van der Waals surface area contributed by atoms with Crippen molar-refractivity contribution in [3.63, 3.8) is 0 Å². The van der Waals surface area contributed by atoms with E-state index in [1.165, 1.54) is 5.56 Å². The second kappa shape index (κ2) is 5.85. The van der Waals surface area contributed by atoms with Gasteiger partial charge in [0.05, 0.1) is 18.0 Å². The minimum Gasteiger partial charge on any atom is -0.493 e. The molecule has 2 aliphatic rings.